The fourth-order valence-electron chi connectivity index (χ4n) is 2.81. The van der Waals surface area contributed by atoms with Gasteiger partial charge in [-0.15, -0.1) is 0 Å². The Morgan fingerprint density at radius 3 is 2.80 bits per heavy atom. The van der Waals surface area contributed by atoms with Gasteiger partial charge < -0.3 is 20.1 Å². The van der Waals surface area contributed by atoms with Gasteiger partial charge in [-0.1, -0.05) is 12.1 Å². The number of hydrogen-bond donors (Lipinski definition) is 2. The summed E-state index contributed by atoms with van der Waals surface area (Å²) < 4.78 is 10.8. The van der Waals surface area contributed by atoms with Gasteiger partial charge in [0.05, 0.1) is 20.3 Å². The highest BCUT2D eigenvalue weighted by Crippen LogP contribution is 2.39. The molecule has 5 heteroatoms. The summed E-state index contributed by atoms with van der Waals surface area (Å²) in [6.07, 6.45) is 1.75. The second-order valence-corrected chi connectivity index (χ2v) is 4.93. The fourth-order valence-corrected chi connectivity index (χ4v) is 2.81. The highest BCUT2D eigenvalue weighted by molar-refractivity contribution is 5.81. The number of methoxy groups -OCH3 is 2. The first-order valence-electron chi connectivity index (χ1n) is 6.87. The van der Waals surface area contributed by atoms with Crippen molar-refractivity contribution in [1.82, 2.24) is 10.6 Å². The van der Waals surface area contributed by atoms with Crippen molar-refractivity contribution in [3.05, 3.63) is 23.8 Å². The summed E-state index contributed by atoms with van der Waals surface area (Å²) in [7, 11) is 4.95. The van der Waals surface area contributed by atoms with Crippen LogP contribution in [-0.2, 0) is 4.79 Å². The Labute approximate surface area is 119 Å². The SMILES string of the molecule is CNC(=O)C1CC(c2cccc(OC)c2OC)CCN1. The Bertz CT molecular complexity index is 476. The van der Waals surface area contributed by atoms with Crippen molar-refractivity contribution in [2.45, 2.75) is 24.8 Å². The minimum atomic E-state index is -0.144. The lowest BCUT2D eigenvalue weighted by Gasteiger charge is -2.30. The van der Waals surface area contributed by atoms with Crippen LogP contribution in [0.2, 0.25) is 0 Å². The molecule has 2 unspecified atom stereocenters. The molecule has 1 aromatic rings. The number of para-hydroxylation sites is 1. The van der Waals surface area contributed by atoms with E-state index >= 15 is 0 Å². The molecule has 1 heterocycles. The Hall–Kier alpha value is -1.75. The summed E-state index contributed by atoms with van der Waals surface area (Å²) in [6, 6.07) is 5.76. The molecule has 0 saturated carbocycles. The summed E-state index contributed by atoms with van der Waals surface area (Å²) in [5, 5.41) is 5.95. The number of benzene rings is 1. The molecular formula is C15H22N2O3. The van der Waals surface area contributed by atoms with Gasteiger partial charge in [0.1, 0.15) is 0 Å². The topological polar surface area (TPSA) is 59.6 Å². The maximum Gasteiger partial charge on any atom is 0.236 e. The molecule has 2 atom stereocenters. The van der Waals surface area contributed by atoms with Gasteiger partial charge in [0.15, 0.2) is 11.5 Å². The van der Waals surface area contributed by atoms with E-state index in [2.05, 4.69) is 16.7 Å². The van der Waals surface area contributed by atoms with E-state index in [9.17, 15) is 4.79 Å². The molecule has 1 aliphatic heterocycles. The van der Waals surface area contributed by atoms with Crippen LogP contribution in [0, 0.1) is 0 Å². The molecule has 110 valence electrons. The molecule has 1 aromatic carbocycles. The molecule has 2 rings (SSSR count). The zero-order valence-corrected chi connectivity index (χ0v) is 12.2. The average Bonchev–Trinajstić information content (AvgIpc) is 2.53. The Morgan fingerprint density at radius 1 is 1.35 bits per heavy atom. The maximum absolute atomic E-state index is 11.8. The van der Waals surface area contributed by atoms with E-state index in [4.69, 9.17) is 9.47 Å². The van der Waals surface area contributed by atoms with Crippen LogP contribution in [0.1, 0.15) is 24.3 Å². The quantitative estimate of drug-likeness (QED) is 0.871. The molecule has 0 aromatic heterocycles. The van der Waals surface area contributed by atoms with Crippen LogP contribution in [0.4, 0.5) is 0 Å². The van der Waals surface area contributed by atoms with Gasteiger partial charge in [-0.25, -0.2) is 0 Å². The predicted octanol–water partition coefficient (Wildman–Crippen LogP) is 1.29. The lowest BCUT2D eigenvalue weighted by Crippen LogP contribution is -2.47. The van der Waals surface area contributed by atoms with Gasteiger partial charge in [0, 0.05) is 12.6 Å². The van der Waals surface area contributed by atoms with Crippen LogP contribution in [0.25, 0.3) is 0 Å². The lowest BCUT2D eigenvalue weighted by molar-refractivity contribution is -0.123. The standard InChI is InChI=1S/C15H22N2O3/c1-16-15(18)12-9-10(7-8-17-12)11-5-4-6-13(19-2)14(11)20-3/h4-6,10,12,17H,7-9H2,1-3H3,(H,16,18). The van der Waals surface area contributed by atoms with Crippen molar-refractivity contribution in [3.63, 3.8) is 0 Å². The zero-order chi connectivity index (χ0) is 14.5. The van der Waals surface area contributed by atoms with Crippen molar-refractivity contribution >= 4 is 5.91 Å². The predicted molar refractivity (Wildman–Crippen MR) is 77.4 cm³/mol. The van der Waals surface area contributed by atoms with E-state index in [1.54, 1.807) is 21.3 Å². The molecule has 20 heavy (non-hydrogen) atoms. The minimum Gasteiger partial charge on any atom is -0.493 e. The monoisotopic (exact) mass is 278 g/mol. The second-order valence-electron chi connectivity index (χ2n) is 4.93. The number of carbonyl (C=O) groups is 1. The Morgan fingerprint density at radius 2 is 2.15 bits per heavy atom. The lowest BCUT2D eigenvalue weighted by atomic mass is 9.85. The fraction of sp³-hybridized carbons (Fsp3) is 0.533. The second kappa shape index (κ2) is 6.61. The summed E-state index contributed by atoms with van der Waals surface area (Å²) in [4.78, 5) is 11.8. The maximum atomic E-state index is 11.8. The van der Waals surface area contributed by atoms with E-state index in [0.29, 0.717) is 5.92 Å². The number of rotatable bonds is 4. The van der Waals surface area contributed by atoms with Crippen LogP contribution in [-0.4, -0.2) is 39.8 Å². The van der Waals surface area contributed by atoms with Gasteiger partial charge in [0.25, 0.3) is 0 Å². The first-order chi connectivity index (χ1) is 9.71. The third kappa shape index (κ3) is 2.88. The third-order valence-corrected chi connectivity index (χ3v) is 3.84. The molecule has 0 bridgehead atoms. The van der Waals surface area contributed by atoms with Crippen molar-refractivity contribution < 1.29 is 14.3 Å². The summed E-state index contributed by atoms with van der Waals surface area (Å²) in [5.41, 5.74) is 1.11. The van der Waals surface area contributed by atoms with Crippen molar-refractivity contribution in [1.29, 1.82) is 0 Å². The van der Waals surface area contributed by atoms with Crippen LogP contribution in [0.3, 0.4) is 0 Å². The van der Waals surface area contributed by atoms with Gasteiger partial charge in [-0.2, -0.15) is 0 Å². The largest absolute Gasteiger partial charge is 0.493 e. The molecule has 1 amide bonds. The summed E-state index contributed by atoms with van der Waals surface area (Å²) in [6.45, 7) is 0.823. The molecule has 1 aliphatic rings. The van der Waals surface area contributed by atoms with Crippen LogP contribution in [0.15, 0.2) is 18.2 Å². The number of hydrogen-bond acceptors (Lipinski definition) is 4. The van der Waals surface area contributed by atoms with Crippen LogP contribution in [0.5, 0.6) is 11.5 Å². The van der Waals surface area contributed by atoms with Crippen molar-refractivity contribution in [2.24, 2.45) is 0 Å². The van der Waals surface area contributed by atoms with Crippen LogP contribution < -0.4 is 20.1 Å². The molecule has 0 spiro atoms. The number of amides is 1. The Balaban J connectivity index is 2.24. The molecular weight excluding hydrogens is 256 g/mol. The van der Waals surface area contributed by atoms with E-state index in [-0.39, 0.29) is 11.9 Å². The molecule has 1 saturated heterocycles. The molecule has 0 radical (unpaired) electrons. The number of piperidine rings is 1. The summed E-state index contributed by atoms with van der Waals surface area (Å²) in [5.74, 6) is 1.85. The molecule has 1 fully saturated rings. The average molecular weight is 278 g/mol. The summed E-state index contributed by atoms with van der Waals surface area (Å²) >= 11 is 0. The number of likely N-dealkylation sites (N-methyl/N-ethyl adjacent to an activating group) is 1. The number of ether oxygens (including phenoxy) is 2. The van der Waals surface area contributed by atoms with Gasteiger partial charge in [-0.3, -0.25) is 4.79 Å². The zero-order valence-electron chi connectivity index (χ0n) is 12.2. The first kappa shape index (κ1) is 14.7. The van der Waals surface area contributed by atoms with Gasteiger partial charge in [-0.05, 0) is 31.4 Å². The number of carbonyl (C=O) groups excluding carboxylic acids is 1. The molecule has 5 nitrogen and oxygen atoms in total. The highest BCUT2D eigenvalue weighted by Gasteiger charge is 2.29. The smallest absolute Gasteiger partial charge is 0.236 e. The normalized spacial score (nSPS) is 22.1. The minimum absolute atomic E-state index is 0.0385. The van der Waals surface area contributed by atoms with E-state index in [1.165, 1.54) is 0 Å². The van der Waals surface area contributed by atoms with Gasteiger partial charge >= 0.3 is 0 Å². The van der Waals surface area contributed by atoms with Crippen molar-refractivity contribution in [2.75, 3.05) is 27.8 Å². The van der Waals surface area contributed by atoms with E-state index < -0.39 is 0 Å². The van der Waals surface area contributed by atoms with E-state index in [1.807, 2.05) is 12.1 Å². The Kier molecular flexibility index (Phi) is 4.84. The molecule has 2 N–H and O–H groups in total. The molecule has 0 aliphatic carbocycles. The van der Waals surface area contributed by atoms with Crippen LogP contribution >= 0.6 is 0 Å². The van der Waals surface area contributed by atoms with E-state index in [0.717, 1.165) is 36.4 Å². The highest BCUT2D eigenvalue weighted by atomic mass is 16.5. The third-order valence-electron chi connectivity index (χ3n) is 3.84. The van der Waals surface area contributed by atoms with Gasteiger partial charge in [0.2, 0.25) is 5.91 Å². The van der Waals surface area contributed by atoms with Crippen molar-refractivity contribution in [3.8, 4) is 11.5 Å². The first-order valence-corrected chi connectivity index (χ1v) is 6.87. The number of nitrogens with one attached hydrogen (secondary N) is 2.